The van der Waals surface area contributed by atoms with Gasteiger partial charge < -0.3 is 9.84 Å². The number of phenolic OH excluding ortho intramolecular Hbond substituents is 1. The minimum Gasteiger partial charge on any atom is -0.508 e. The van der Waals surface area contributed by atoms with Gasteiger partial charge >= 0.3 is 0 Å². The third-order valence-corrected chi connectivity index (χ3v) is 7.85. The van der Waals surface area contributed by atoms with E-state index in [1.165, 1.54) is 5.57 Å². The number of allylic oxidation sites excluding steroid dienone is 1. The van der Waals surface area contributed by atoms with Crippen LogP contribution in [-0.2, 0) is 14.6 Å². The lowest BCUT2D eigenvalue weighted by Crippen LogP contribution is -2.19. The summed E-state index contributed by atoms with van der Waals surface area (Å²) >= 11 is 0. The van der Waals surface area contributed by atoms with Gasteiger partial charge in [-0.2, -0.15) is 0 Å². The van der Waals surface area contributed by atoms with Crippen LogP contribution in [0.4, 0.5) is 0 Å². The summed E-state index contributed by atoms with van der Waals surface area (Å²) in [6, 6.07) is 17.3. The molecule has 0 aliphatic carbocycles. The molecule has 152 valence electrons. The van der Waals surface area contributed by atoms with Crippen LogP contribution in [0.25, 0.3) is 11.6 Å². The number of rotatable bonds is 6. The molecule has 0 saturated carbocycles. The van der Waals surface area contributed by atoms with Gasteiger partial charge in [0.15, 0.2) is 9.84 Å². The largest absolute Gasteiger partial charge is 0.508 e. The molecule has 2 aromatic carbocycles. The van der Waals surface area contributed by atoms with Gasteiger partial charge in [-0.25, -0.2) is 8.42 Å². The van der Waals surface area contributed by atoms with E-state index in [0.29, 0.717) is 0 Å². The van der Waals surface area contributed by atoms with Crippen molar-refractivity contribution in [1.29, 1.82) is 0 Å². The summed E-state index contributed by atoms with van der Waals surface area (Å²) in [5.74, 6) is 0.438. The van der Waals surface area contributed by atoms with Crippen molar-refractivity contribution in [3.05, 3.63) is 76.9 Å². The second kappa shape index (κ2) is 8.17. The number of ether oxygens (including phenoxy) is 1. The smallest absolute Gasteiger partial charge is 0.163 e. The van der Waals surface area contributed by atoms with Gasteiger partial charge in [0.2, 0.25) is 0 Å². The molecule has 0 bridgehead atoms. The van der Waals surface area contributed by atoms with E-state index in [1.54, 1.807) is 12.1 Å². The van der Waals surface area contributed by atoms with Gasteiger partial charge in [0.05, 0.1) is 18.5 Å². The Kier molecular flexibility index (Phi) is 5.61. The third kappa shape index (κ3) is 4.16. The van der Waals surface area contributed by atoms with Gasteiger partial charge in [-0.05, 0) is 53.7 Å². The highest BCUT2D eigenvalue weighted by atomic mass is 32.2. The number of fused-ring (bicyclic) bond motifs is 1. The van der Waals surface area contributed by atoms with Gasteiger partial charge in [-0.3, -0.25) is 0 Å². The Morgan fingerprint density at radius 1 is 1.14 bits per heavy atom. The highest BCUT2D eigenvalue weighted by Crippen LogP contribution is 2.40. The first-order valence-electron chi connectivity index (χ1n) is 10.1. The van der Waals surface area contributed by atoms with Crippen molar-refractivity contribution in [3.8, 4) is 5.75 Å². The van der Waals surface area contributed by atoms with E-state index in [1.807, 2.05) is 37.3 Å². The first-order chi connectivity index (χ1) is 14.0. The van der Waals surface area contributed by atoms with Crippen LogP contribution in [0.1, 0.15) is 37.3 Å². The van der Waals surface area contributed by atoms with E-state index in [4.69, 9.17) is 4.74 Å². The van der Waals surface area contributed by atoms with E-state index in [-0.39, 0.29) is 24.2 Å². The molecular weight excluding hydrogens is 384 g/mol. The van der Waals surface area contributed by atoms with Gasteiger partial charge in [-0.15, -0.1) is 0 Å². The maximum absolute atomic E-state index is 12.4. The molecule has 2 atom stereocenters. The first-order valence-corrected chi connectivity index (χ1v) is 11.8. The number of hydrogen-bond acceptors (Lipinski definition) is 4. The lowest BCUT2D eigenvalue weighted by Gasteiger charge is -2.15. The molecule has 5 heteroatoms. The summed E-state index contributed by atoms with van der Waals surface area (Å²) in [5, 5.41) is 9.10. The van der Waals surface area contributed by atoms with Crippen LogP contribution in [0, 0.1) is 0 Å². The van der Waals surface area contributed by atoms with Crippen LogP contribution in [0.3, 0.4) is 0 Å². The molecule has 1 fully saturated rings. The van der Waals surface area contributed by atoms with Gasteiger partial charge in [0, 0.05) is 0 Å². The molecule has 29 heavy (non-hydrogen) atoms. The standard InChI is InChI=1S/C24H26O4S/c1-2-18-16-29(26,27)23-15-28-22(24(18)23)13-10-20(19-6-4-3-5-7-19)14-17-8-11-21(25)12-9-17/h3-9,11-12,14,22-23,25H,2,10,13,15-16H2,1H3/b20-14-/t22-,23+/m1/s1. The number of benzene rings is 2. The SMILES string of the molecule is CCC1=C2[C@@H](CC/C(=C/c3ccc(O)cc3)c3ccccc3)OC[C@@H]2S(=O)(=O)C1. The van der Waals surface area contributed by atoms with Crippen molar-refractivity contribution in [3.63, 3.8) is 0 Å². The van der Waals surface area contributed by atoms with Crippen molar-refractivity contribution < 1.29 is 18.3 Å². The Morgan fingerprint density at radius 2 is 1.86 bits per heavy atom. The molecule has 0 radical (unpaired) electrons. The minimum absolute atomic E-state index is 0.126. The number of sulfone groups is 1. The van der Waals surface area contributed by atoms with Gasteiger partial charge in [0.25, 0.3) is 0 Å². The summed E-state index contributed by atoms with van der Waals surface area (Å²) in [6.07, 6.45) is 4.30. The van der Waals surface area contributed by atoms with Gasteiger partial charge in [0.1, 0.15) is 11.0 Å². The predicted octanol–water partition coefficient (Wildman–Crippen LogP) is 4.62. The van der Waals surface area contributed by atoms with Crippen molar-refractivity contribution in [2.24, 2.45) is 0 Å². The molecule has 0 spiro atoms. The molecule has 0 aromatic heterocycles. The molecule has 0 unspecified atom stereocenters. The van der Waals surface area contributed by atoms with Crippen molar-refractivity contribution >= 4 is 21.5 Å². The zero-order valence-corrected chi connectivity index (χ0v) is 17.4. The fourth-order valence-corrected chi connectivity index (χ4v) is 6.37. The Hall–Kier alpha value is -2.37. The van der Waals surface area contributed by atoms with Crippen LogP contribution in [0.5, 0.6) is 5.75 Å². The lowest BCUT2D eigenvalue weighted by molar-refractivity contribution is 0.118. The van der Waals surface area contributed by atoms with Crippen molar-refractivity contribution in [1.82, 2.24) is 0 Å². The summed E-state index contributed by atoms with van der Waals surface area (Å²) in [5.41, 5.74) is 5.39. The zero-order chi connectivity index (χ0) is 20.4. The summed E-state index contributed by atoms with van der Waals surface area (Å²) in [4.78, 5) is 0. The fourth-order valence-electron chi connectivity index (χ4n) is 4.33. The van der Waals surface area contributed by atoms with E-state index in [0.717, 1.165) is 41.5 Å². The Labute approximate surface area is 172 Å². The Morgan fingerprint density at radius 3 is 2.55 bits per heavy atom. The highest BCUT2D eigenvalue weighted by Gasteiger charge is 2.46. The molecule has 2 aromatic rings. The van der Waals surface area contributed by atoms with Crippen LogP contribution < -0.4 is 0 Å². The van der Waals surface area contributed by atoms with Crippen molar-refractivity contribution in [2.75, 3.05) is 12.4 Å². The predicted molar refractivity (Wildman–Crippen MR) is 116 cm³/mol. The number of hydrogen-bond donors (Lipinski definition) is 1. The summed E-state index contributed by atoms with van der Waals surface area (Å²) < 4.78 is 30.8. The quantitative estimate of drug-likeness (QED) is 0.558. The zero-order valence-electron chi connectivity index (χ0n) is 16.5. The second-order valence-electron chi connectivity index (χ2n) is 7.70. The monoisotopic (exact) mass is 410 g/mol. The molecule has 1 saturated heterocycles. The number of phenols is 1. The lowest BCUT2D eigenvalue weighted by atomic mass is 9.93. The maximum Gasteiger partial charge on any atom is 0.163 e. The van der Waals surface area contributed by atoms with Crippen LogP contribution in [-0.4, -0.2) is 37.2 Å². The van der Waals surface area contributed by atoms with Crippen LogP contribution >= 0.6 is 0 Å². The topological polar surface area (TPSA) is 63.6 Å². The molecule has 4 nitrogen and oxygen atoms in total. The van der Waals surface area contributed by atoms with Crippen molar-refractivity contribution in [2.45, 2.75) is 37.5 Å². The van der Waals surface area contributed by atoms with Crippen LogP contribution in [0.15, 0.2) is 65.7 Å². The van der Waals surface area contributed by atoms with E-state index in [9.17, 15) is 13.5 Å². The Balaban J connectivity index is 1.59. The fraction of sp³-hybridized carbons (Fsp3) is 0.333. The normalized spacial score (nSPS) is 23.4. The van der Waals surface area contributed by atoms with Crippen LogP contribution in [0.2, 0.25) is 0 Å². The summed E-state index contributed by atoms with van der Waals surface area (Å²) in [6.45, 7) is 2.31. The van der Waals surface area contributed by atoms with Gasteiger partial charge in [-0.1, -0.05) is 61.0 Å². The molecule has 2 aliphatic rings. The maximum atomic E-state index is 12.4. The molecule has 4 rings (SSSR count). The first kappa shape index (κ1) is 19.9. The minimum atomic E-state index is -3.10. The molecule has 2 aliphatic heterocycles. The second-order valence-corrected chi connectivity index (χ2v) is 9.88. The number of aromatic hydroxyl groups is 1. The molecule has 2 heterocycles. The molecule has 0 amide bonds. The third-order valence-electron chi connectivity index (χ3n) is 5.84. The van der Waals surface area contributed by atoms with E-state index in [2.05, 4.69) is 18.2 Å². The average Bonchev–Trinajstić information content (AvgIpc) is 3.26. The average molecular weight is 411 g/mol. The van der Waals surface area contributed by atoms with E-state index < -0.39 is 15.1 Å². The van der Waals surface area contributed by atoms with E-state index >= 15 is 0 Å². The Bertz CT molecular complexity index is 1030. The highest BCUT2D eigenvalue weighted by molar-refractivity contribution is 7.92. The molecule has 1 N–H and O–H groups in total. The summed E-state index contributed by atoms with van der Waals surface area (Å²) in [7, 11) is -3.10. The molecular formula is C24H26O4S.